The number of benzene rings is 1. The van der Waals surface area contributed by atoms with E-state index in [0.717, 1.165) is 0 Å². The predicted octanol–water partition coefficient (Wildman–Crippen LogP) is 1.35. The maximum Gasteiger partial charge on any atom is 0.331 e. The summed E-state index contributed by atoms with van der Waals surface area (Å²) in [5.74, 6) is 0.363. The van der Waals surface area contributed by atoms with E-state index >= 15 is 0 Å². The normalized spacial score (nSPS) is 10.3. The van der Waals surface area contributed by atoms with Gasteiger partial charge < -0.3 is 19.1 Å². The van der Waals surface area contributed by atoms with E-state index in [-0.39, 0.29) is 12.5 Å². The van der Waals surface area contributed by atoms with Crippen molar-refractivity contribution in [3.8, 4) is 11.5 Å². The number of hydrogen-bond acceptors (Lipinski definition) is 5. The van der Waals surface area contributed by atoms with Gasteiger partial charge in [0.15, 0.2) is 6.61 Å². The van der Waals surface area contributed by atoms with Crippen LogP contribution in [0.4, 0.5) is 0 Å². The second-order valence-electron chi connectivity index (χ2n) is 4.34. The Hall–Kier alpha value is -2.50. The van der Waals surface area contributed by atoms with Crippen LogP contribution < -0.4 is 9.47 Å². The fourth-order valence-corrected chi connectivity index (χ4v) is 1.44. The molecule has 1 rings (SSSR count). The van der Waals surface area contributed by atoms with Gasteiger partial charge in [-0.15, -0.1) is 0 Å². The van der Waals surface area contributed by atoms with Crippen molar-refractivity contribution in [2.45, 2.75) is 0 Å². The Bertz CT molecular complexity index is 537. The van der Waals surface area contributed by atoms with Crippen molar-refractivity contribution in [1.29, 1.82) is 0 Å². The highest BCUT2D eigenvalue weighted by Crippen LogP contribution is 2.25. The van der Waals surface area contributed by atoms with Crippen molar-refractivity contribution in [1.82, 2.24) is 4.90 Å². The third kappa shape index (κ3) is 5.18. The van der Waals surface area contributed by atoms with Crippen LogP contribution in [0.3, 0.4) is 0 Å². The first kappa shape index (κ1) is 16.6. The van der Waals surface area contributed by atoms with Crippen molar-refractivity contribution >= 4 is 18.0 Å². The van der Waals surface area contributed by atoms with Crippen LogP contribution >= 0.6 is 0 Å². The van der Waals surface area contributed by atoms with Gasteiger partial charge in [0, 0.05) is 25.7 Å². The minimum absolute atomic E-state index is 0.282. The fraction of sp³-hybridized carbons (Fsp3) is 0.333. The Balaban J connectivity index is 2.71. The lowest BCUT2D eigenvalue weighted by Crippen LogP contribution is -2.27. The van der Waals surface area contributed by atoms with E-state index in [0.29, 0.717) is 17.1 Å². The van der Waals surface area contributed by atoms with E-state index in [1.165, 1.54) is 18.1 Å². The zero-order valence-corrected chi connectivity index (χ0v) is 12.6. The van der Waals surface area contributed by atoms with Crippen LogP contribution in [0.2, 0.25) is 0 Å². The SMILES string of the molecule is COc1ccc(OC)c(C=CC(=O)OCC(=O)N(C)C)c1. The maximum absolute atomic E-state index is 11.5. The molecule has 0 radical (unpaired) electrons. The van der Waals surface area contributed by atoms with Gasteiger partial charge in [0.25, 0.3) is 5.91 Å². The number of esters is 1. The molecule has 1 amide bonds. The van der Waals surface area contributed by atoms with E-state index in [1.54, 1.807) is 45.5 Å². The lowest BCUT2D eigenvalue weighted by Gasteiger charge is -2.09. The molecule has 114 valence electrons. The third-order valence-corrected chi connectivity index (χ3v) is 2.67. The first-order valence-electron chi connectivity index (χ1n) is 6.25. The van der Waals surface area contributed by atoms with Crippen LogP contribution in [0.25, 0.3) is 6.08 Å². The summed E-state index contributed by atoms with van der Waals surface area (Å²) in [4.78, 5) is 24.2. The number of likely N-dealkylation sites (N-methyl/N-ethyl adjacent to an activating group) is 1. The Kier molecular flexibility index (Phi) is 6.26. The minimum Gasteiger partial charge on any atom is -0.497 e. The molecule has 0 aliphatic heterocycles. The number of hydrogen-bond donors (Lipinski definition) is 0. The third-order valence-electron chi connectivity index (χ3n) is 2.67. The number of carbonyl (C=O) groups excluding carboxylic acids is 2. The lowest BCUT2D eigenvalue weighted by atomic mass is 10.1. The molecular formula is C15H19NO5. The second kappa shape index (κ2) is 7.94. The van der Waals surface area contributed by atoms with Crippen molar-refractivity contribution in [3.63, 3.8) is 0 Å². The maximum atomic E-state index is 11.5. The highest BCUT2D eigenvalue weighted by Gasteiger charge is 2.07. The van der Waals surface area contributed by atoms with Crippen LogP contribution in [0, 0.1) is 0 Å². The Morgan fingerprint density at radius 2 is 1.90 bits per heavy atom. The molecule has 0 atom stereocenters. The van der Waals surface area contributed by atoms with Crippen LogP contribution in [-0.4, -0.2) is 51.7 Å². The first-order chi connectivity index (χ1) is 9.97. The Morgan fingerprint density at radius 1 is 1.19 bits per heavy atom. The predicted molar refractivity (Wildman–Crippen MR) is 78.2 cm³/mol. The summed E-state index contributed by atoms with van der Waals surface area (Å²) in [5, 5.41) is 0. The van der Waals surface area contributed by atoms with Gasteiger partial charge in [0.1, 0.15) is 11.5 Å². The Labute approximate surface area is 123 Å². The number of amides is 1. The fourth-order valence-electron chi connectivity index (χ4n) is 1.44. The molecule has 1 aromatic carbocycles. The monoisotopic (exact) mass is 293 g/mol. The average molecular weight is 293 g/mol. The van der Waals surface area contributed by atoms with Crippen LogP contribution in [0.1, 0.15) is 5.56 Å². The van der Waals surface area contributed by atoms with Crippen LogP contribution in [0.15, 0.2) is 24.3 Å². The zero-order valence-electron chi connectivity index (χ0n) is 12.6. The van der Waals surface area contributed by atoms with Gasteiger partial charge in [-0.1, -0.05) is 0 Å². The van der Waals surface area contributed by atoms with E-state index in [4.69, 9.17) is 14.2 Å². The topological polar surface area (TPSA) is 65.1 Å². The summed E-state index contributed by atoms with van der Waals surface area (Å²) >= 11 is 0. The molecule has 6 heteroatoms. The summed E-state index contributed by atoms with van der Waals surface area (Å²) in [7, 11) is 6.27. The van der Waals surface area contributed by atoms with Gasteiger partial charge in [-0.05, 0) is 24.3 Å². The summed E-state index contributed by atoms with van der Waals surface area (Å²) in [5.41, 5.74) is 0.674. The highest BCUT2D eigenvalue weighted by atomic mass is 16.5. The van der Waals surface area contributed by atoms with E-state index in [1.807, 2.05) is 0 Å². The van der Waals surface area contributed by atoms with E-state index in [2.05, 4.69) is 0 Å². The standard InChI is InChI=1S/C15H19NO5/c1-16(2)14(17)10-21-15(18)8-5-11-9-12(19-3)6-7-13(11)20-4/h5-9H,10H2,1-4H3. The molecule has 6 nitrogen and oxygen atoms in total. The summed E-state index contributed by atoms with van der Waals surface area (Å²) < 4.78 is 15.1. The second-order valence-corrected chi connectivity index (χ2v) is 4.34. The van der Waals surface area contributed by atoms with Gasteiger partial charge >= 0.3 is 5.97 Å². The molecule has 0 spiro atoms. The Morgan fingerprint density at radius 3 is 2.48 bits per heavy atom. The molecule has 0 unspecified atom stereocenters. The average Bonchev–Trinajstić information content (AvgIpc) is 2.49. The zero-order chi connectivity index (χ0) is 15.8. The number of carbonyl (C=O) groups is 2. The van der Waals surface area contributed by atoms with Crippen molar-refractivity contribution in [3.05, 3.63) is 29.8 Å². The molecular weight excluding hydrogens is 274 g/mol. The lowest BCUT2D eigenvalue weighted by molar-refractivity contribution is -0.146. The van der Waals surface area contributed by atoms with Crippen molar-refractivity contribution < 1.29 is 23.8 Å². The minimum atomic E-state index is -0.602. The smallest absolute Gasteiger partial charge is 0.331 e. The van der Waals surface area contributed by atoms with E-state index in [9.17, 15) is 9.59 Å². The molecule has 0 aliphatic carbocycles. The number of nitrogens with zero attached hydrogens (tertiary/aromatic N) is 1. The first-order valence-corrected chi connectivity index (χ1v) is 6.25. The van der Waals surface area contributed by atoms with Gasteiger partial charge in [0.2, 0.25) is 0 Å². The summed E-state index contributed by atoms with van der Waals surface area (Å²) in [6.07, 6.45) is 2.78. The molecule has 21 heavy (non-hydrogen) atoms. The number of rotatable bonds is 6. The van der Waals surface area contributed by atoms with E-state index < -0.39 is 5.97 Å². The molecule has 0 aromatic heterocycles. The van der Waals surface area contributed by atoms with Crippen LogP contribution in [0.5, 0.6) is 11.5 Å². The largest absolute Gasteiger partial charge is 0.497 e. The van der Waals surface area contributed by atoms with Gasteiger partial charge in [-0.25, -0.2) is 4.79 Å². The van der Waals surface area contributed by atoms with Crippen molar-refractivity contribution in [2.24, 2.45) is 0 Å². The number of methoxy groups -OCH3 is 2. The summed E-state index contributed by atoms with van der Waals surface area (Å²) in [6.45, 7) is -0.286. The molecule has 0 saturated heterocycles. The molecule has 0 N–H and O–H groups in total. The highest BCUT2D eigenvalue weighted by molar-refractivity contribution is 5.89. The number of ether oxygens (including phenoxy) is 3. The molecule has 0 fully saturated rings. The van der Waals surface area contributed by atoms with Crippen LogP contribution in [-0.2, 0) is 14.3 Å². The quantitative estimate of drug-likeness (QED) is 0.585. The molecule has 0 heterocycles. The summed E-state index contributed by atoms with van der Waals surface area (Å²) in [6, 6.07) is 5.22. The van der Waals surface area contributed by atoms with Crippen molar-refractivity contribution in [2.75, 3.05) is 34.9 Å². The van der Waals surface area contributed by atoms with Gasteiger partial charge in [0.05, 0.1) is 14.2 Å². The molecule has 1 aromatic rings. The van der Waals surface area contributed by atoms with Gasteiger partial charge in [-0.2, -0.15) is 0 Å². The van der Waals surface area contributed by atoms with Gasteiger partial charge in [-0.3, -0.25) is 4.79 Å². The molecule has 0 bridgehead atoms. The molecule has 0 saturated carbocycles. The molecule has 0 aliphatic rings.